The molecule has 1 atom stereocenters. The van der Waals surface area contributed by atoms with Gasteiger partial charge in [-0.1, -0.05) is 35.9 Å². The van der Waals surface area contributed by atoms with E-state index in [0.29, 0.717) is 34.2 Å². The second-order valence-corrected chi connectivity index (χ2v) is 15.8. The Bertz CT molecular complexity index is 2250. The smallest absolute Gasteiger partial charge is 0.264 e. The highest BCUT2D eigenvalue weighted by atomic mass is 35.5. The maximum atomic E-state index is 13.6. The zero-order valence-electron chi connectivity index (χ0n) is 31.8. The number of hydrogen-bond acceptors (Lipinski definition) is 9. The van der Waals surface area contributed by atoms with Gasteiger partial charge in [-0.2, -0.15) is 10.4 Å². The monoisotopic (exact) mass is 772 g/mol. The average Bonchev–Trinajstić information content (AvgIpc) is 3.64. The molecule has 3 fully saturated rings. The van der Waals surface area contributed by atoms with Crippen LogP contribution in [0.5, 0.6) is 0 Å². The summed E-state index contributed by atoms with van der Waals surface area (Å²) in [6, 6.07) is 20.8. The van der Waals surface area contributed by atoms with Crippen LogP contribution >= 0.6 is 11.6 Å². The predicted octanol–water partition coefficient (Wildman–Crippen LogP) is 5.57. The van der Waals surface area contributed by atoms with Crippen LogP contribution in [0, 0.1) is 31.1 Å². The SMILES string of the molecule is Cc1c(-c2ccc(C#N)c(Cl)c2)nn(Cc2ccc(N3CCN(CCC4CCN(c5cccc6c5C(=O)N(C5CCC(=O)NC5=O)C6=O)CC4)CC3)cc2)c1C. The minimum atomic E-state index is -0.966. The summed E-state index contributed by atoms with van der Waals surface area (Å²) in [6.45, 7) is 11.5. The van der Waals surface area contributed by atoms with Crippen molar-refractivity contribution in [1.29, 1.82) is 5.26 Å². The molecule has 0 spiro atoms. The highest BCUT2D eigenvalue weighted by Crippen LogP contribution is 2.36. The number of aromatic nitrogens is 2. The van der Waals surface area contributed by atoms with E-state index in [9.17, 15) is 24.4 Å². The van der Waals surface area contributed by atoms with Crippen molar-refractivity contribution in [2.75, 3.05) is 55.6 Å². The summed E-state index contributed by atoms with van der Waals surface area (Å²) in [4.78, 5) is 59.4. The van der Waals surface area contributed by atoms with Gasteiger partial charge in [-0.25, -0.2) is 0 Å². The second-order valence-electron chi connectivity index (χ2n) is 15.4. The molecule has 0 saturated carbocycles. The molecule has 0 bridgehead atoms. The Morgan fingerprint density at radius 2 is 1.62 bits per heavy atom. The first-order valence-electron chi connectivity index (χ1n) is 19.5. The molecule has 56 heavy (non-hydrogen) atoms. The van der Waals surface area contributed by atoms with Crippen LogP contribution in [0.2, 0.25) is 5.02 Å². The summed E-state index contributed by atoms with van der Waals surface area (Å²) in [5, 5.41) is 16.9. The zero-order valence-corrected chi connectivity index (χ0v) is 32.5. The number of fused-ring (bicyclic) bond motifs is 1. The number of rotatable bonds is 9. The van der Waals surface area contributed by atoms with Crippen molar-refractivity contribution in [1.82, 2.24) is 24.9 Å². The van der Waals surface area contributed by atoms with Crippen molar-refractivity contribution in [3.8, 4) is 17.3 Å². The predicted molar refractivity (Wildman–Crippen MR) is 214 cm³/mol. The van der Waals surface area contributed by atoms with Gasteiger partial charge in [0.05, 0.1) is 39.6 Å². The topological polar surface area (TPSA) is 135 Å². The molecule has 0 radical (unpaired) electrons. The molecule has 8 rings (SSSR count). The number of amides is 4. The molecule has 3 aromatic carbocycles. The van der Waals surface area contributed by atoms with E-state index in [4.69, 9.17) is 16.7 Å². The lowest BCUT2D eigenvalue weighted by Gasteiger charge is -2.38. The Balaban J connectivity index is 0.804. The molecule has 4 aromatic rings. The third kappa shape index (κ3) is 7.17. The van der Waals surface area contributed by atoms with Gasteiger partial charge in [0, 0.05) is 62.6 Å². The van der Waals surface area contributed by atoms with Crippen LogP contribution in [-0.4, -0.2) is 95.1 Å². The fraction of sp³-hybridized carbons (Fsp3) is 0.395. The van der Waals surface area contributed by atoms with Crippen LogP contribution in [0.1, 0.15) is 75.2 Å². The normalized spacial score (nSPS) is 19.4. The van der Waals surface area contributed by atoms with Crippen LogP contribution in [0.4, 0.5) is 11.4 Å². The van der Waals surface area contributed by atoms with Crippen molar-refractivity contribution in [2.45, 2.75) is 58.5 Å². The van der Waals surface area contributed by atoms with Gasteiger partial charge in [0.25, 0.3) is 11.8 Å². The number of benzene rings is 3. The van der Waals surface area contributed by atoms with Gasteiger partial charge in [0.15, 0.2) is 0 Å². The van der Waals surface area contributed by atoms with Crippen LogP contribution in [-0.2, 0) is 16.1 Å². The molecule has 4 aliphatic rings. The van der Waals surface area contributed by atoms with E-state index >= 15 is 0 Å². The number of carbonyl (C=O) groups excluding carboxylic acids is 4. The zero-order chi connectivity index (χ0) is 39.1. The molecule has 13 heteroatoms. The highest BCUT2D eigenvalue weighted by Gasteiger charge is 2.46. The number of piperazine rings is 1. The summed E-state index contributed by atoms with van der Waals surface area (Å²) < 4.78 is 2.03. The van der Waals surface area contributed by atoms with Crippen molar-refractivity contribution in [2.24, 2.45) is 5.92 Å². The molecule has 12 nitrogen and oxygen atoms in total. The molecular weight excluding hydrogens is 728 g/mol. The number of halogens is 1. The number of nitriles is 1. The van der Waals surface area contributed by atoms with Gasteiger partial charge >= 0.3 is 0 Å². The minimum Gasteiger partial charge on any atom is -0.371 e. The first-order valence-corrected chi connectivity index (χ1v) is 19.9. The fourth-order valence-electron chi connectivity index (χ4n) is 8.62. The Morgan fingerprint density at radius 3 is 2.32 bits per heavy atom. The van der Waals surface area contributed by atoms with Gasteiger partial charge in [0.2, 0.25) is 11.8 Å². The lowest BCUT2D eigenvalue weighted by atomic mass is 9.92. The quantitative estimate of drug-likeness (QED) is 0.217. The number of carbonyl (C=O) groups is 4. The van der Waals surface area contributed by atoms with Gasteiger partial charge in [0.1, 0.15) is 12.1 Å². The molecule has 4 aliphatic heterocycles. The Morgan fingerprint density at radius 1 is 0.875 bits per heavy atom. The Kier molecular flexibility index (Phi) is 10.4. The fourth-order valence-corrected chi connectivity index (χ4v) is 8.84. The molecule has 1 unspecified atom stereocenters. The van der Waals surface area contributed by atoms with E-state index in [0.717, 1.165) is 98.2 Å². The maximum absolute atomic E-state index is 13.6. The third-order valence-electron chi connectivity index (χ3n) is 12.1. The van der Waals surface area contributed by atoms with E-state index in [1.54, 1.807) is 12.1 Å². The summed E-state index contributed by atoms with van der Waals surface area (Å²) >= 11 is 6.31. The summed E-state index contributed by atoms with van der Waals surface area (Å²) in [6.07, 6.45) is 3.40. The molecule has 1 aromatic heterocycles. The number of imide groups is 2. The molecule has 4 amide bonds. The maximum Gasteiger partial charge on any atom is 0.264 e. The number of piperidine rings is 2. The highest BCUT2D eigenvalue weighted by molar-refractivity contribution is 6.32. The standard InChI is InChI=1S/C43H45ClN8O4/c1-27-28(2)51(47-40(27)31-8-9-32(25-45)35(44)24-31)26-30-6-10-33(11-7-30)49-22-20-48(21-23-49)17-14-29-15-18-50(19-16-29)36-5-3-4-34-39(36)43(56)52(42(34)55)37-12-13-38(53)46-41(37)54/h3-11,24,29,37H,12-23,26H2,1-2H3,(H,46,53,54). The van der Waals surface area contributed by atoms with Crippen LogP contribution in [0.3, 0.4) is 0 Å². The average molecular weight is 773 g/mol. The van der Waals surface area contributed by atoms with E-state index in [1.807, 2.05) is 28.9 Å². The molecular formula is C43H45ClN8O4. The van der Waals surface area contributed by atoms with Crippen LogP contribution in [0.25, 0.3) is 11.3 Å². The largest absolute Gasteiger partial charge is 0.371 e. The Labute approximate surface area is 331 Å². The van der Waals surface area contributed by atoms with Crippen molar-refractivity contribution in [3.05, 3.63) is 99.2 Å². The first-order chi connectivity index (χ1) is 27.1. The van der Waals surface area contributed by atoms with E-state index in [2.05, 4.69) is 64.2 Å². The third-order valence-corrected chi connectivity index (χ3v) is 12.4. The molecule has 0 aliphatic carbocycles. The Hall–Kier alpha value is -5.51. The molecule has 5 heterocycles. The lowest BCUT2D eigenvalue weighted by Crippen LogP contribution is -2.54. The summed E-state index contributed by atoms with van der Waals surface area (Å²) in [5.41, 5.74) is 8.30. The molecule has 1 N–H and O–H groups in total. The van der Waals surface area contributed by atoms with E-state index in [1.165, 1.54) is 11.3 Å². The van der Waals surface area contributed by atoms with Crippen LogP contribution < -0.4 is 15.1 Å². The van der Waals surface area contributed by atoms with Crippen molar-refractivity contribution < 1.29 is 19.2 Å². The van der Waals surface area contributed by atoms with Crippen LogP contribution in [0.15, 0.2) is 60.7 Å². The number of anilines is 2. The van der Waals surface area contributed by atoms with Gasteiger partial charge in [-0.3, -0.25) is 39.0 Å². The van der Waals surface area contributed by atoms with E-state index in [-0.39, 0.29) is 18.7 Å². The van der Waals surface area contributed by atoms with E-state index < -0.39 is 23.8 Å². The molecule has 3 saturated heterocycles. The second kappa shape index (κ2) is 15.6. The minimum absolute atomic E-state index is 0.101. The van der Waals surface area contributed by atoms with Gasteiger partial charge in [-0.05, 0) is 99.5 Å². The summed E-state index contributed by atoms with van der Waals surface area (Å²) in [5.74, 6) is -1.30. The molecule has 288 valence electrons. The van der Waals surface area contributed by atoms with Crippen molar-refractivity contribution in [3.63, 3.8) is 0 Å². The van der Waals surface area contributed by atoms with Gasteiger partial charge < -0.3 is 9.80 Å². The number of nitrogens with one attached hydrogen (secondary N) is 1. The van der Waals surface area contributed by atoms with Gasteiger partial charge in [-0.15, -0.1) is 0 Å². The first kappa shape index (κ1) is 37.4. The number of nitrogens with zero attached hydrogens (tertiary/aromatic N) is 7. The lowest BCUT2D eigenvalue weighted by molar-refractivity contribution is -0.136. The summed E-state index contributed by atoms with van der Waals surface area (Å²) in [7, 11) is 0. The number of hydrogen-bond donors (Lipinski definition) is 1. The van der Waals surface area contributed by atoms with Crippen molar-refractivity contribution >= 4 is 46.6 Å².